The second kappa shape index (κ2) is 8.93. The van der Waals surface area contributed by atoms with E-state index in [0.717, 1.165) is 33.0 Å². The summed E-state index contributed by atoms with van der Waals surface area (Å²) in [6.07, 6.45) is 3.82. The van der Waals surface area contributed by atoms with Crippen LogP contribution in [0.3, 0.4) is 0 Å². The molecule has 4 aromatic rings. The first kappa shape index (κ1) is 20.4. The fraction of sp³-hybridized carbons (Fsp3) is 0.280. The number of hydrogen-bond donors (Lipinski definition) is 0. The van der Waals surface area contributed by atoms with Gasteiger partial charge in [-0.2, -0.15) is 4.80 Å². The highest BCUT2D eigenvalue weighted by Gasteiger charge is 2.21. The van der Waals surface area contributed by atoms with Gasteiger partial charge in [0.05, 0.1) is 19.3 Å². The quantitative estimate of drug-likeness (QED) is 0.415. The van der Waals surface area contributed by atoms with Gasteiger partial charge < -0.3 is 4.74 Å². The molecule has 160 valence electrons. The van der Waals surface area contributed by atoms with Gasteiger partial charge in [0.15, 0.2) is 5.01 Å². The lowest BCUT2D eigenvalue weighted by molar-refractivity contribution is 0.412. The van der Waals surface area contributed by atoms with E-state index in [0.29, 0.717) is 18.3 Å². The topological polar surface area (TPSA) is 65.7 Å². The molecule has 1 aliphatic carbocycles. The van der Waals surface area contributed by atoms with E-state index in [4.69, 9.17) is 9.72 Å². The molecule has 2 heterocycles. The van der Waals surface area contributed by atoms with Crippen LogP contribution in [0.25, 0.3) is 11.4 Å². The molecule has 0 unspecified atom stereocenters. The van der Waals surface area contributed by atoms with Crippen molar-refractivity contribution in [3.05, 3.63) is 75.2 Å². The Morgan fingerprint density at radius 3 is 2.72 bits per heavy atom. The Labute approximate surface area is 191 Å². The van der Waals surface area contributed by atoms with Crippen LogP contribution < -0.4 is 4.74 Å². The lowest BCUT2D eigenvalue weighted by Gasteiger charge is -2.22. The van der Waals surface area contributed by atoms with Gasteiger partial charge in [-0.05, 0) is 66.3 Å². The molecule has 2 aromatic heterocycles. The van der Waals surface area contributed by atoms with Crippen molar-refractivity contribution in [2.24, 2.45) is 0 Å². The summed E-state index contributed by atoms with van der Waals surface area (Å²) in [6.45, 7) is 2.59. The minimum absolute atomic E-state index is 0.545. The number of aryl methyl sites for hydroxylation is 1. The van der Waals surface area contributed by atoms with E-state index in [1.807, 2.05) is 49.4 Å². The molecule has 5 rings (SSSR count). The second-order valence-corrected chi connectivity index (χ2v) is 8.83. The number of benzene rings is 2. The van der Waals surface area contributed by atoms with Crippen LogP contribution in [0, 0.1) is 18.8 Å². The van der Waals surface area contributed by atoms with Crippen molar-refractivity contribution < 1.29 is 4.74 Å². The van der Waals surface area contributed by atoms with Crippen molar-refractivity contribution in [2.75, 3.05) is 7.11 Å². The highest BCUT2D eigenvalue weighted by Crippen LogP contribution is 2.36. The van der Waals surface area contributed by atoms with Gasteiger partial charge in [0.1, 0.15) is 5.75 Å². The van der Waals surface area contributed by atoms with Crippen molar-refractivity contribution in [2.45, 2.75) is 38.6 Å². The van der Waals surface area contributed by atoms with Gasteiger partial charge in [-0.1, -0.05) is 30.5 Å². The second-order valence-electron chi connectivity index (χ2n) is 7.98. The maximum absolute atomic E-state index is 5.21. The maximum Gasteiger partial charge on any atom is 0.205 e. The average Bonchev–Trinajstić information content (AvgIpc) is 3.42. The van der Waals surface area contributed by atoms with Crippen molar-refractivity contribution in [1.82, 2.24) is 25.2 Å². The number of methoxy groups -OCH3 is 1. The standard InChI is InChI=1S/C25H23N5OS/c1-17-6-7-18(10-13-24-26-23(16-32-24)20-4-3-5-20)14-22(17)25-27-29-30(28-25)15-19-8-11-21(31-2)12-9-19/h6-9,11-12,14,16,20H,3-5,15H2,1-2H3. The molecule has 7 heteroatoms. The van der Waals surface area contributed by atoms with Crippen LogP contribution in [-0.2, 0) is 6.54 Å². The predicted molar refractivity (Wildman–Crippen MR) is 125 cm³/mol. The molecule has 0 atom stereocenters. The third kappa shape index (κ3) is 4.41. The Hall–Kier alpha value is -3.50. The Morgan fingerprint density at radius 1 is 1.12 bits per heavy atom. The van der Waals surface area contributed by atoms with Gasteiger partial charge in [-0.3, -0.25) is 0 Å². The van der Waals surface area contributed by atoms with Crippen LogP contribution in [0.15, 0.2) is 47.8 Å². The van der Waals surface area contributed by atoms with Crippen molar-refractivity contribution in [3.63, 3.8) is 0 Å². The third-order valence-electron chi connectivity index (χ3n) is 5.77. The van der Waals surface area contributed by atoms with Crippen molar-refractivity contribution in [1.29, 1.82) is 0 Å². The van der Waals surface area contributed by atoms with Gasteiger partial charge in [0.25, 0.3) is 0 Å². The summed E-state index contributed by atoms with van der Waals surface area (Å²) in [4.78, 5) is 6.30. The molecule has 0 saturated heterocycles. The maximum atomic E-state index is 5.21. The first-order valence-corrected chi connectivity index (χ1v) is 11.5. The van der Waals surface area contributed by atoms with Crippen LogP contribution >= 0.6 is 11.3 Å². The lowest BCUT2D eigenvalue weighted by Crippen LogP contribution is -2.08. The molecule has 0 spiro atoms. The smallest absolute Gasteiger partial charge is 0.205 e. The molecular weight excluding hydrogens is 418 g/mol. The van der Waals surface area contributed by atoms with Gasteiger partial charge in [-0.25, -0.2) is 4.98 Å². The summed E-state index contributed by atoms with van der Waals surface area (Å²) >= 11 is 1.63. The number of ether oxygens (including phenoxy) is 1. The number of tetrazole rings is 1. The van der Waals surface area contributed by atoms with Crippen LogP contribution in [0.5, 0.6) is 5.75 Å². The molecule has 0 amide bonds. The SMILES string of the molecule is COc1ccc(Cn2nnc(-c3cc(C#Cc4nc(C5CCC5)cs4)ccc3C)n2)cc1. The van der Waals surface area contributed by atoms with Crippen LogP contribution in [0.1, 0.15) is 52.6 Å². The van der Waals surface area contributed by atoms with E-state index in [1.54, 1.807) is 23.2 Å². The Kier molecular flexibility index (Phi) is 5.70. The van der Waals surface area contributed by atoms with E-state index in [9.17, 15) is 0 Å². The van der Waals surface area contributed by atoms with E-state index in [-0.39, 0.29) is 0 Å². The van der Waals surface area contributed by atoms with Crippen molar-refractivity contribution in [3.8, 4) is 29.0 Å². The molecule has 1 fully saturated rings. The molecule has 0 bridgehead atoms. The summed E-state index contributed by atoms with van der Waals surface area (Å²) in [6, 6.07) is 13.9. The zero-order valence-corrected chi connectivity index (χ0v) is 18.9. The Balaban J connectivity index is 1.33. The minimum atomic E-state index is 0.545. The minimum Gasteiger partial charge on any atom is -0.497 e. The Bertz CT molecular complexity index is 1290. The fourth-order valence-corrected chi connectivity index (χ4v) is 4.36. The largest absolute Gasteiger partial charge is 0.497 e. The molecule has 1 saturated carbocycles. The predicted octanol–water partition coefficient (Wildman–Crippen LogP) is 4.83. The summed E-state index contributed by atoms with van der Waals surface area (Å²) in [5.74, 6) is 8.52. The third-order valence-corrected chi connectivity index (χ3v) is 6.55. The molecule has 0 radical (unpaired) electrons. The Morgan fingerprint density at radius 2 is 1.97 bits per heavy atom. The summed E-state index contributed by atoms with van der Waals surface area (Å²) in [5, 5.41) is 16.1. The molecule has 2 aromatic carbocycles. The van der Waals surface area contributed by atoms with Gasteiger partial charge in [-0.15, -0.1) is 21.5 Å². The molecule has 0 aliphatic heterocycles. The number of aromatic nitrogens is 5. The first-order chi connectivity index (χ1) is 15.7. The van der Waals surface area contributed by atoms with E-state index in [1.165, 1.54) is 25.0 Å². The zero-order chi connectivity index (χ0) is 21.9. The van der Waals surface area contributed by atoms with Crippen LogP contribution in [0.2, 0.25) is 0 Å². The highest BCUT2D eigenvalue weighted by atomic mass is 32.1. The normalized spacial score (nSPS) is 13.3. The van der Waals surface area contributed by atoms with Crippen molar-refractivity contribution >= 4 is 11.3 Å². The molecule has 0 N–H and O–H groups in total. The number of hydrogen-bond acceptors (Lipinski definition) is 6. The monoisotopic (exact) mass is 441 g/mol. The summed E-state index contributed by atoms with van der Waals surface area (Å²) < 4.78 is 5.21. The summed E-state index contributed by atoms with van der Waals surface area (Å²) in [5.41, 5.74) is 5.22. The fourth-order valence-electron chi connectivity index (χ4n) is 3.61. The molecule has 1 aliphatic rings. The number of rotatable bonds is 5. The molecular formula is C25H23N5OS. The molecule has 32 heavy (non-hydrogen) atoms. The summed E-state index contributed by atoms with van der Waals surface area (Å²) in [7, 11) is 1.66. The molecule has 6 nitrogen and oxygen atoms in total. The highest BCUT2D eigenvalue weighted by molar-refractivity contribution is 7.10. The number of nitrogens with zero attached hydrogens (tertiary/aromatic N) is 5. The zero-order valence-electron chi connectivity index (χ0n) is 18.1. The van der Waals surface area contributed by atoms with Gasteiger partial charge in [0, 0.05) is 22.4 Å². The van der Waals surface area contributed by atoms with E-state index >= 15 is 0 Å². The first-order valence-electron chi connectivity index (χ1n) is 10.7. The van der Waals surface area contributed by atoms with Crippen LogP contribution in [-0.4, -0.2) is 32.3 Å². The average molecular weight is 442 g/mol. The van der Waals surface area contributed by atoms with E-state index in [2.05, 4.69) is 32.6 Å². The van der Waals surface area contributed by atoms with Gasteiger partial charge >= 0.3 is 0 Å². The van der Waals surface area contributed by atoms with E-state index < -0.39 is 0 Å². The lowest BCUT2D eigenvalue weighted by atomic mass is 9.83. The van der Waals surface area contributed by atoms with Gasteiger partial charge in [0.2, 0.25) is 5.82 Å². The number of thiazole rings is 1. The van der Waals surface area contributed by atoms with Crippen LogP contribution in [0.4, 0.5) is 0 Å².